The molecule has 0 spiro atoms. The number of primary amides is 1. The summed E-state index contributed by atoms with van der Waals surface area (Å²) in [4.78, 5) is 26.3. The lowest BCUT2D eigenvalue weighted by molar-refractivity contribution is -0.147. The van der Waals surface area contributed by atoms with Crippen molar-refractivity contribution in [3.63, 3.8) is 0 Å². The van der Waals surface area contributed by atoms with Crippen LogP contribution in [0.15, 0.2) is 48.5 Å². The van der Waals surface area contributed by atoms with Gasteiger partial charge in [0.15, 0.2) is 0 Å². The maximum atomic E-state index is 12.8. The van der Waals surface area contributed by atoms with Crippen molar-refractivity contribution in [1.82, 2.24) is 4.90 Å². The number of hydrogen-bond acceptors (Lipinski definition) is 2. The van der Waals surface area contributed by atoms with Gasteiger partial charge in [0, 0.05) is 19.0 Å². The van der Waals surface area contributed by atoms with Crippen LogP contribution in [0.5, 0.6) is 0 Å². The number of hydrogen-bond donors (Lipinski definition) is 2. The molecule has 0 saturated carbocycles. The van der Waals surface area contributed by atoms with Crippen molar-refractivity contribution in [2.45, 2.75) is 37.5 Å². The Morgan fingerprint density at radius 1 is 1.18 bits per heavy atom. The first-order valence-corrected chi connectivity index (χ1v) is 9.86. The predicted molar refractivity (Wildman–Crippen MR) is 107 cm³/mol. The summed E-state index contributed by atoms with van der Waals surface area (Å²) in [5.41, 5.74) is 8.88. The number of carboxylic acids is 1. The Balaban J connectivity index is 1.84. The van der Waals surface area contributed by atoms with Crippen molar-refractivity contribution in [3.8, 4) is 0 Å². The molecule has 3 atom stereocenters. The SMILES string of the molecule is Cc1ccc2c(c1)C(C(=O)O)(C1CCN(C(N)=O)CC1c1ccccc1)CC2. The molecule has 1 saturated heterocycles. The number of amides is 2. The maximum absolute atomic E-state index is 12.8. The Labute approximate surface area is 165 Å². The number of nitrogens with zero attached hydrogens (tertiary/aromatic N) is 1. The van der Waals surface area contributed by atoms with E-state index in [2.05, 4.69) is 18.2 Å². The van der Waals surface area contributed by atoms with Gasteiger partial charge < -0.3 is 15.7 Å². The van der Waals surface area contributed by atoms with Crippen LogP contribution in [0.4, 0.5) is 4.79 Å². The highest BCUT2D eigenvalue weighted by Gasteiger charge is 2.55. The number of nitrogens with two attached hydrogens (primary N) is 1. The van der Waals surface area contributed by atoms with Crippen molar-refractivity contribution < 1.29 is 14.7 Å². The smallest absolute Gasteiger partial charge is 0.314 e. The molecule has 146 valence electrons. The van der Waals surface area contributed by atoms with E-state index in [1.165, 1.54) is 0 Å². The highest BCUT2D eigenvalue weighted by atomic mass is 16.4. The predicted octanol–water partition coefficient (Wildman–Crippen LogP) is 3.45. The molecule has 1 fully saturated rings. The number of aryl methyl sites for hydroxylation is 2. The molecule has 3 unspecified atom stereocenters. The van der Waals surface area contributed by atoms with Crippen LogP contribution >= 0.6 is 0 Å². The second kappa shape index (κ2) is 6.97. The van der Waals surface area contributed by atoms with Crippen LogP contribution in [0.2, 0.25) is 0 Å². The van der Waals surface area contributed by atoms with Gasteiger partial charge in [0.2, 0.25) is 0 Å². The van der Waals surface area contributed by atoms with E-state index in [1.54, 1.807) is 4.90 Å². The number of carbonyl (C=O) groups excluding carboxylic acids is 1. The highest BCUT2D eigenvalue weighted by molar-refractivity contribution is 5.84. The van der Waals surface area contributed by atoms with Gasteiger partial charge in [-0.3, -0.25) is 4.79 Å². The topological polar surface area (TPSA) is 83.6 Å². The summed E-state index contributed by atoms with van der Waals surface area (Å²) in [6.45, 7) is 2.97. The zero-order valence-electron chi connectivity index (χ0n) is 16.1. The Hall–Kier alpha value is -2.82. The number of urea groups is 1. The second-order valence-electron chi connectivity index (χ2n) is 8.13. The number of carboxylic acid groups (broad SMARTS) is 1. The van der Waals surface area contributed by atoms with Gasteiger partial charge in [-0.1, -0.05) is 54.1 Å². The second-order valence-corrected chi connectivity index (χ2v) is 8.13. The van der Waals surface area contributed by atoms with Crippen molar-refractivity contribution >= 4 is 12.0 Å². The minimum atomic E-state index is -0.925. The third kappa shape index (κ3) is 2.86. The number of benzene rings is 2. The van der Waals surface area contributed by atoms with Crippen LogP contribution < -0.4 is 5.73 Å². The lowest BCUT2D eigenvalue weighted by Crippen LogP contribution is -2.53. The van der Waals surface area contributed by atoms with Crippen LogP contribution in [0.25, 0.3) is 0 Å². The van der Waals surface area contributed by atoms with Gasteiger partial charge in [0.05, 0.1) is 5.41 Å². The average molecular weight is 378 g/mol. The summed E-state index contributed by atoms with van der Waals surface area (Å²) in [7, 11) is 0. The summed E-state index contributed by atoms with van der Waals surface area (Å²) in [5, 5.41) is 10.5. The third-order valence-electron chi connectivity index (χ3n) is 6.70. The third-order valence-corrected chi connectivity index (χ3v) is 6.70. The van der Waals surface area contributed by atoms with E-state index in [1.807, 2.05) is 37.3 Å². The van der Waals surface area contributed by atoms with E-state index in [0.717, 1.165) is 28.7 Å². The van der Waals surface area contributed by atoms with E-state index in [-0.39, 0.29) is 11.8 Å². The lowest BCUT2D eigenvalue weighted by Gasteiger charge is -2.45. The van der Waals surface area contributed by atoms with E-state index in [9.17, 15) is 14.7 Å². The lowest BCUT2D eigenvalue weighted by atomic mass is 9.61. The molecule has 5 nitrogen and oxygen atoms in total. The fourth-order valence-corrected chi connectivity index (χ4v) is 5.34. The van der Waals surface area contributed by atoms with Gasteiger partial charge in [-0.05, 0) is 48.8 Å². The van der Waals surface area contributed by atoms with Gasteiger partial charge in [-0.2, -0.15) is 0 Å². The fraction of sp³-hybridized carbons (Fsp3) is 0.391. The Bertz CT molecular complexity index is 911. The number of aliphatic carboxylic acids is 1. The highest BCUT2D eigenvalue weighted by Crippen LogP contribution is 2.52. The van der Waals surface area contributed by atoms with Gasteiger partial charge in [-0.15, -0.1) is 0 Å². The van der Waals surface area contributed by atoms with E-state index in [4.69, 9.17) is 5.73 Å². The largest absolute Gasteiger partial charge is 0.481 e. The van der Waals surface area contributed by atoms with Crippen LogP contribution in [-0.2, 0) is 16.6 Å². The first-order valence-electron chi connectivity index (χ1n) is 9.86. The Morgan fingerprint density at radius 2 is 1.93 bits per heavy atom. The molecule has 2 aromatic rings. The summed E-state index contributed by atoms with van der Waals surface area (Å²) >= 11 is 0. The number of rotatable bonds is 3. The Morgan fingerprint density at radius 3 is 2.61 bits per heavy atom. The standard InChI is InChI=1S/C23H26N2O3/c1-15-7-8-17-9-11-23(21(26)27,20(17)13-15)19-10-12-25(22(24)28)14-18(19)16-5-3-2-4-6-16/h2-8,13,18-19H,9-12,14H2,1H3,(H2,24,28)(H,26,27). The normalized spacial score (nSPS) is 26.7. The van der Waals surface area contributed by atoms with Crippen LogP contribution in [0.1, 0.15) is 41.0 Å². The summed E-state index contributed by atoms with van der Waals surface area (Å²) < 4.78 is 0. The summed E-state index contributed by atoms with van der Waals surface area (Å²) in [6, 6.07) is 15.7. The van der Waals surface area contributed by atoms with Gasteiger partial charge >= 0.3 is 12.0 Å². The molecule has 2 amide bonds. The molecule has 1 heterocycles. The number of fused-ring (bicyclic) bond motifs is 1. The van der Waals surface area contributed by atoms with Crippen LogP contribution in [0, 0.1) is 12.8 Å². The van der Waals surface area contributed by atoms with E-state index < -0.39 is 17.4 Å². The molecule has 28 heavy (non-hydrogen) atoms. The van der Waals surface area contributed by atoms with E-state index in [0.29, 0.717) is 25.9 Å². The Kier molecular flexibility index (Phi) is 4.61. The molecule has 1 aliphatic carbocycles. The van der Waals surface area contributed by atoms with Gasteiger partial charge in [0.25, 0.3) is 0 Å². The first-order chi connectivity index (χ1) is 13.4. The summed E-state index contributed by atoms with van der Waals surface area (Å²) in [5.74, 6) is -0.911. The minimum Gasteiger partial charge on any atom is -0.481 e. The van der Waals surface area contributed by atoms with Crippen LogP contribution in [0.3, 0.4) is 0 Å². The van der Waals surface area contributed by atoms with Crippen molar-refractivity contribution in [2.24, 2.45) is 11.7 Å². The molecule has 0 bridgehead atoms. The monoisotopic (exact) mass is 378 g/mol. The van der Waals surface area contributed by atoms with Gasteiger partial charge in [-0.25, -0.2) is 4.79 Å². The number of carbonyl (C=O) groups is 2. The van der Waals surface area contributed by atoms with E-state index >= 15 is 0 Å². The average Bonchev–Trinajstić information content (AvgIpc) is 3.07. The van der Waals surface area contributed by atoms with Gasteiger partial charge in [0.1, 0.15) is 0 Å². The fourth-order valence-electron chi connectivity index (χ4n) is 5.34. The zero-order valence-corrected chi connectivity index (χ0v) is 16.1. The molecule has 0 radical (unpaired) electrons. The molecular formula is C23H26N2O3. The molecule has 2 aromatic carbocycles. The van der Waals surface area contributed by atoms with Crippen molar-refractivity contribution in [1.29, 1.82) is 0 Å². The molecule has 0 aromatic heterocycles. The summed E-state index contributed by atoms with van der Waals surface area (Å²) in [6.07, 6.45) is 2.01. The minimum absolute atomic E-state index is 0.0648. The first kappa shape index (κ1) is 18.5. The van der Waals surface area contributed by atoms with Crippen molar-refractivity contribution in [2.75, 3.05) is 13.1 Å². The molecule has 3 N–H and O–H groups in total. The number of piperidine rings is 1. The van der Waals surface area contributed by atoms with Crippen LogP contribution in [-0.4, -0.2) is 35.1 Å². The molecule has 1 aliphatic heterocycles. The maximum Gasteiger partial charge on any atom is 0.314 e. The van der Waals surface area contributed by atoms with Crippen molar-refractivity contribution in [3.05, 3.63) is 70.8 Å². The molecule has 4 rings (SSSR count). The molecular weight excluding hydrogens is 352 g/mol. The molecule has 2 aliphatic rings. The number of likely N-dealkylation sites (tertiary alicyclic amines) is 1. The zero-order chi connectivity index (χ0) is 19.9. The quantitative estimate of drug-likeness (QED) is 0.858. The molecule has 5 heteroatoms.